The lowest BCUT2D eigenvalue weighted by Crippen LogP contribution is -2.12. The molecule has 100 valence electrons. The van der Waals surface area contributed by atoms with E-state index in [1.165, 1.54) is 0 Å². The van der Waals surface area contributed by atoms with Crippen molar-refractivity contribution in [3.63, 3.8) is 0 Å². The molecule has 2 nitrogen and oxygen atoms in total. The lowest BCUT2D eigenvalue weighted by atomic mass is 9.84. The Morgan fingerprint density at radius 1 is 0.842 bits per heavy atom. The number of benzene rings is 2. The van der Waals surface area contributed by atoms with Gasteiger partial charge in [-0.05, 0) is 28.2 Å². The molecule has 0 aliphatic rings. The van der Waals surface area contributed by atoms with Crippen LogP contribution in [0.25, 0.3) is 0 Å². The smallest absolute Gasteiger partial charge is 0.122 e. The standard InChI is InChI=1S/C17H20O2/c1-17(2,3)14-9-6-8-13(16(14)19)11-12-7-4-5-10-15(12)18/h4-10,18-19H,11H2,1-3H3. The molecule has 0 spiro atoms. The first-order chi connectivity index (χ1) is 8.89. The molecule has 2 heteroatoms. The van der Waals surface area contributed by atoms with Crippen LogP contribution in [0.15, 0.2) is 42.5 Å². The number of phenols is 2. The molecule has 0 aliphatic carbocycles. The van der Waals surface area contributed by atoms with E-state index in [1.807, 2.05) is 30.3 Å². The van der Waals surface area contributed by atoms with Crippen LogP contribution in [-0.4, -0.2) is 10.2 Å². The molecular formula is C17H20O2. The molecule has 0 atom stereocenters. The second kappa shape index (κ2) is 4.96. The number of phenolic OH excluding ortho intramolecular Hbond substituents is 2. The third-order valence-corrected chi connectivity index (χ3v) is 3.30. The van der Waals surface area contributed by atoms with Crippen molar-refractivity contribution in [1.29, 1.82) is 0 Å². The molecular weight excluding hydrogens is 236 g/mol. The normalized spacial score (nSPS) is 11.5. The van der Waals surface area contributed by atoms with Gasteiger partial charge in [-0.3, -0.25) is 0 Å². The van der Waals surface area contributed by atoms with Crippen molar-refractivity contribution in [2.75, 3.05) is 0 Å². The summed E-state index contributed by atoms with van der Waals surface area (Å²) in [6.07, 6.45) is 0.530. The zero-order valence-electron chi connectivity index (χ0n) is 11.6. The molecule has 0 saturated carbocycles. The first-order valence-electron chi connectivity index (χ1n) is 6.48. The maximum Gasteiger partial charge on any atom is 0.122 e. The van der Waals surface area contributed by atoms with E-state index < -0.39 is 0 Å². The average molecular weight is 256 g/mol. The second-order valence-electron chi connectivity index (χ2n) is 5.87. The fourth-order valence-corrected chi connectivity index (χ4v) is 2.20. The number of hydrogen-bond donors (Lipinski definition) is 2. The Bertz CT molecular complexity index is 580. The number of aromatic hydroxyl groups is 2. The summed E-state index contributed by atoms with van der Waals surface area (Å²) in [4.78, 5) is 0. The van der Waals surface area contributed by atoms with Crippen LogP contribution >= 0.6 is 0 Å². The van der Waals surface area contributed by atoms with Gasteiger partial charge in [0.2, 0.25) is 0 Å². The Kier molecular flexibility index (Phi) is 3.52. The number of para-hydroxylation sites is 2. The van der Waals surface area contributed by atoms with Crippen molar-refractivity contribution in [1.82, 2.24) is 0 Å². The Morgan fingerprint density at radius 2 is 1.47 bits per heavy atom. The van der Waals surface area contributed by atoms with Gasteiger partial charge in [-0.2, -0.15) is 0 Å². The highest BCUT2D eigenvalue weighted by Gasteiger charge is 2.19. The molecule has 0 amide bonds. The summed E-state index contributed by atoms with van der Waals surface area (Å²) in [6.45, 7) is 6.23. The SMILES string of the molecule is CC(C)(C)c1cccc(Cc2ccccc2O)c1O. The number of rotatable bonds is 2. The molecule has 0 radical (unpaired) electrons. The Hall–Kier alpha value is -1.96. The highest BCUT2D eigenvalue weighted by Crippen LogP contribution is 2.34. The van der Waals surface area contributed by atoms with Gasteiger partial charge in [0.15, 0.2) is 0 Å². The minimum atomic E-state index is -0.0984. The van der Waals surface area contributed by atoms with E-state index in [9.17, 15) is 10.2 Å². The van der Waals surface area contributed by atoms with Crippen molar-refractivity contribution >= 4 is 0 Å². The van der Waals surface area contributed by atoms with E-state index in [1.54, 1.807) is 12.1 Å². The molecule has 2 rings (SSSR count). The van der Waals surface area contributed by atoms with Crippen LogP contribution in [0, 0.1) is 0 Å². The summed E-state index contributed by atoms with van der Waals surface area (Å²) in [5.41, 5.74) is 2.50. The molecule has 0 aliphatic heterocycles. The topological polar surface area (TPSA) is 40.5 Å². The van der Waals surface area contributed by atoms with Crippen LogP contribution in [0.2, 0.25) is 0 Å². The minimum absolute atomic E-state index is 0.0984. The predicted octanol–water partition coefficient (Wildman–Crippen LogP) is 3.99. The van der Waals surface area contributed by atoms with Crippen LogP contribution in [0.5, 0.6) is 11.5 Å². The number of hydrogen-bond acceptors (Lipinski definition) is 2. The predicted molar refractivity (Wildman–Crippen MR) is 77.7 cm³/mol. The maximum absolute atomic E-state index is 10.4. The van der Waals surface area contributed by atoms with Crippen LogP contribution in [0.4, 0.5) is 0 Å². The third kappa shape index (κ3) is 2.90. The van der Waals surface area contributed by atoms with Gasteiger partial charge in [-0.1, -0.05) is 57.2 Å². The van der Waals surface area contributed by atoms with Crippen molar-refractivity contribution in [3.05, 3.63) is 59.2 Å². The average Bonchev–Trinajstić information content (AvgIpc) is 2.33. The van der Waals surface area contributed by atoms with Gasteiger partial charge >= 0.3 is 0 Å². The quantitative estimate of drug-likeness (QED) is 0.853. The second-order valence-corrected chi connectivity index (χ2v) is 5.87. The van der Waals surface area contributed by atoms with Crippen molar-refractivity contribution in [3.8, 4) is 11.5 Å². The summed E-state index contributed by atoms with van der Waals surface area (Å²) in [7, 11) is 0. The van der Waals surface area contributed by atoms with Crippen LogP contribution < -0.4 is 0 Å². The Labute approximate surface area is 114 Å². The summed E-state index contributed by atoms with van der Waals surface area (Å²) in [5.74, 6) is 0.598. The van der Waals surface area contributed by atoms with Gasteiger partial charge < -0.3 is 10.2 Å². The molecule has 19 heavy (non-hydrogen) atoms. The summed E-state index contributed by atoms with van der Waals surface area (Å²) in [6, 6.07) is 13.0. The lowest BCUT2D eigenvalue weighted by Gasteiger charge is -2.22. The first kappa shape index (κ1) is 13.5. The fraction of sp³-hybridized carbons (Fsp3) is 0.294. The van der Waals surface area contributed by atoms with E-state index in [0.717, 1.165) is 16.7 Å². The van der Waals surface area contributed by atoms with Crippen LogP contribution in [0.1, 0.15) is 37.5 Å². The monoisotopic (exact) mass is 256 g/mol. The summed E-state index contributed by atoms with van der Waals surface area (Å²) < 4.78 is 0. The molecule has 0 fully saturated rings. The zero-order valence-corrected chi connectivity index (χ0v) is 11.6. The third-order valence-electron chi connectivity index (χ3n) is 3.30. The van der Waals surface area contributed by atoms with Crippen molar-refractivity contribution in [2.24, 2.45) is 0 Å². The first-order valence-corrected chi connectivity index (χ1v) is 6.48. The van der Waals surface area contributed by atoms with Gasteiger partial charge in [0.25, 0.3) is 0 Å². The fourth-order valence-electron chi connectivity index (χ4n) is 2.20. The van der Waals surface area contributed by atoms with E-state index >= 15 is 0 Å². The summed E-state index contributed by atoms with van der Waals surface area (Å²) >= 11 is 0. The molecule has 2 aromatic carbocycles. The Balaban J connectivity index is 2.40. The molecule has 0 aromatic heterocycles. The minimum Gasteiger partial charge on any atom is -0.508 e. The lowest BCUT2D eigenvalue weighted by molar-refractivity contribution is 0.440. The molecule has 2 aromatic rings. The highest BCUT2D eigenvalue weighted by atomic mass is 16.3. The van der Waals surface area contributed by atoms with E-state index in [0.29, 0.717) is 12.2 Å². The molecule has 0 bridgehead atoms. The van der Waals surface area contributed by atoms with E-state index in [-0.39, 0.29) is 11.2 Å². The van der Waals surface area contributed by atoms with Crippen LogP contribution in [0.3, 0.4) is 0 Å². The van der Waals surface area contributed by atoms with Gasteiger partial charge in [0.05, 0.1) is 0 Å². The molecule has 0 unspecified atom stereocenters. The summed E-state index contributed by atoms with van der Waals surface area (Å²) in [5, 5.41) is 20.2. The molecule has 0 saturated heterocycles. The highest BCUT2D eigenvalue weighted by molar-refractivity contribution is 5.47. The largest absolute Gasteiger partial charge is 0.508 e. The zero-order chi connectivity index (χ0) is 14.0. The van der Waals surface area contributed by atoms with Gasteiger partial charge in [-0.25, -0.2) is 0 Å². The van der Waals surface area contributed by atoms with Gasteiger partial charge in [-0.15, -0.1) is 0 Å². The van der Waals surface area contributed by atoms with E-state index in [2.05, 4.69) is 20.8 Å². The maximum atomic E-state index is 10.4. The van der Waals surface area contributed by atoms with E-state index in [4.69, 9.17) is 0 Å². The van der Waals surface area contributed by atoms with Gasteiger partial charge in [0, 0.05) is 6.42 Å². The molecule has 0 heterocycles. The van der Waals surface area contributed by atoms with Crippen LogP contribution in [-0.2, 0) is 11.8 Å². The molecule has 2 N–H and O–H groups in total. The van der Waals surface area contributed by atoms with Gasteiger partial charge in [0.1, 0.15) is 11.5 Å². The van der Waals surface area contributed by atoms with Crippen molar-refractivity contribution < 1.29 is 10.2 Å². The Morgan fingerprint density at radius 3 is 2.11 bits per heavy atom. The van der Waals surface area contributed by atoms with Crippen molar-refractivity contribution in [2.45, 2.75) is 32.6 Å².